The van der Waals surface area contributed by atoms with E-state index in [1.165, 1.54) is 0 Å². The molecule has 0 aromatic heterocycles. The van der Waals surface area contributed by atoms with Gasteiger partial charge in [-0.05, 0) is 24.6 Å². The Labute approximate surface area is 141 Å². The molecule has 5 heteroatoms. The largest absolute Gasteiger partial charge is 0.464 e. The van der Waals surface area contributed by atoms with Crippen LogP contribution in [0.3, 0.4) is 0 Å². The average molecular weight is 327 g/mol. The lowest BCUT2D eigenvalue weighted by Crippen LogP contribution is -2.62. The average Bonchev–Trinajstić information content (AvgIpc) is 2.89. The molecule has 0 unspecified atom stereocenters. The van der Waals surface area contributed by atoms with Crippen molar-refractivity contribution in [3.05, 3.63) is 47.7 Å². The third kappa shape index (κ3) is 2.64. The molecule has 5 nitrogen and oxygen atoms in total. The van der Waals surface area contributed by atoms with E-state index in [-0.39, 0.29) is 24.0 Å². The molecule has 1 aromatic rings. The number of carbonyl (C=O) groups is 1. The number of benzene rings is 1. The fourth-order valence-electron chi connectivity index (χ4n) is 3.91. The van der Waals surface area contributed by atoms with E-state index in [0.717, 1.165) is 24.3 Å². The molecule has 2 fully saturated rings. The first-order valence-electron chi connectivity index (χ1n) is 8.33. The van der Waals surface area contributed by atoms with Crippen molar-refractivity contribution in [1.29, 1.82) is 0 Å². The highest BCUT2D eigenvalue weighted by atomic mass is 16.5. The summed E-state index contributed by atoms with van der Waals surface area (Å²) in [6, 6.07) is 7.78. The van der Waals surface area contributed by atoms with Crippen LogP contribution in [0.25, 0.3) is 6.08 Å². The minimum Gasteiger partial charge on any atom is -0.464 e. The normalized spacial score (nSPS) is 30.3. The number of nitrogens with one attached hydrogen (secondary N) is 1. The molecule has 0 radical (unpaired) electrons. The molecule has 1 N–H and O–H groups in total. The Morgan fingerprint density at radius 3 is 3.12 bits per heavy atom. The minimum absolute atomic E-state index is 0.0805. The number of ether oxygens (including phenoxy) is 3. The highest BCUT2D eigenvalue weighted by Crippen LogP contribution is 2.43. The second-order valence-corrected chi connectivity index (χ2v) is 6.46. The van der Waals surface area contributed by atoms with Crippen molar-refractivity contribution in [3.63, 3.8) is 0 Å². The Morgan fingerprint density at radius 1 is 1.38 bits per heavy atom. The van der Waals surface area contributed by atoms with E-state index in [2.05, 4.69) is 5.32 Å². The van der Waals surface area contributed by atoms with Crippen LogP contribution in [0, 0.1) is 11.8 Å². The number of methoxy groups -OCH3 is 1. The summed E-state index contributed by atoms with van der Waals surface area (Å²) in [7, 11) is 1.69. The Balaban J connectivity index is 1.51. The van der Waals surface area contributed by atoms with Gasteiger partial charge in [-0.2, -0.15) is 0 Å². The van der Waals surface area contributed by atoms with Gasteiger partial charge in [-0.15, -0.1) is 0 Å². The van der Waals surface area contributed by atoms with Gasteiger partial charge in [-0.3, -0.25) is 4.79 Å². The van der Waals surface area contributed by atoms with Gasteiger partial charge < -0.3 is 19.5 Å². The second-order valence-electron chi connectivity index (χ2n) is 6.46. The maximum absolute atomic E-state index is 12.7. The number of rotatable bonds is 4. The van der Waals surface area contributed by atoms with Crippen LogP contribution in [0.1, 0.15) is 12.0 Å². The summed E-state index contributed by atoms with van der Waals surface area (Å²) in [4.78, 5) is 12.7. The minimum atomic E-state index is -0.0805. The monoisotopic (exact) mass is 327 g/mol. The molecule has 1 saturated carbocycles. The number of fused-ring (bicyclic) bond motifs is 2. The maximum Gasteiger partial charge on any atom is 0.251 e. The molecule has 2 aliphatic heterocycles. The van der Waals surface area contributed by atoms with E-state index >= 15 is 0 Å². The van der Waals surface area contributed by atoms with Crippen LogP contribution in [0.15, 0.2) is 42.2 Å². The summed E-state index contributed by atoms with van der Waals surface area (Å²) in [5.74, 6) is 1.29. The SMILES string of the molecule is COC[C@H]1[C@@H](NC(=O)C2=Cc3ccccc3OC=C2)[C@H]2CCO[C@H]21. The quantitative estimate of drug-likeness (QED) is 0.920. The Kier molecular flexibility index (Phi) is 4.12. The van der Waals surface area contributed by atoms with Gasteiger partial charge in [0.2, 0.25) is 0 Å². The van der Waals surface area contributed by atoms with Gasteiger partial charge in [0.05, 0.1) is 19.0 Å². The molecule has 24 heavy (non-hydrogen) atoms. The first kappa shape index (κ1) is 15.4. The molecule has 4 atom stereocenters. The summed E-state index contributed by atoms with van der Waals surface area (Å²) in [6.45, 7) is 1.37. The molecule has 126 valence electrons. The first-order chi connectivity index (χ1) is 11.8. The fourth-order valence-corrected chi connectivity index (χ4v) is 3.91. The van der Waals surface area contributed by atoms with Crippen molar-refractivity contribution in [2.75, 3.05) is 20.3 Å². The molecule has 3 aliphatic rings. The van der Waals surface area contributed by atoms with Crippen LogP contribution < -0.4 is 10.1 Å². The van der Waals surface area contributed by atoms with Crippen molar-refractivity contribution in [2.45, 2.75) is 18.6 Å². The second kappa shape index (κ2) is 6.42. The lowest BCUT2D eigenvalue weighted by Gasteiger charge is -2.47. The highest BCUT2D eigenvalue weighted by molar-refractivity contribution is 6.01. The maximum atomic E-state index is 12.7. The van der Waals surface area contributed by atoms with Crippen molar-refractivity contribution < 1.29 is 19.0 Å². The Morgan fingerprint density at radius 2 is 2.25 bits per heavy atom. The van der Waals surface area contributed by atoms with E-state index in [9.17, 15) is 4.79 Å². The number of carbonyl (C=O) groups excluding carboxylic acids is 1. The molecule has 4 rings (SSSR count). The van der Waals surface area contributed by atoms with Crippen molar-refractivity contribution in [2.24, 2.45) is 11.8 Å². The molecule has 1 saturated heterocycles. The van der Waals surface area contributed by atoms with Crippen molar-refractivity contribution in [1.82, 2.24) is 5.32 Å². The van der Waals surface area contributed by atoms with E-state index in [1.807, 2.05) is 30.3 Å². The number of hydrogen-bond donors (Lipinski definition) is 1. The number of hydrogen-bond acceptors (Lipinski definition) is 4. The van der Waals surface area contributed by atoms with Gasteiger partial charge in [-0.1, -0.05) is 18.2 Å². The predicted molar refractivity (Wildman–Crippen MR) is 89.3 cm³/mol. The molecular weight excluding hydrogens is 306 g/mol. The molecule has 1 aromatic carbocycles. The third-order valence-electron chi connectivity index (χ3n) is 5.12. The molecule has 1 aliphatic carbocycles. The van der Waals surface area contributed by atoms with Crippen LogP contribution in [0.2, 0.25) is 0 Å². The lowest BCUT2D eigenvalue weighted by molar-refractivity contribution is -0.126. The molecule has 0 spiro atoms. The van der Waals surface area contributed by atoms with E-state index in [4.69, 9.17) is 14.2 Å². The van der Waals surface area contributed by atoms with Gasteiger partial charge in [0.25, 0.3) is 5.91 Å². The summed E-state index contributed by atoms with van der Waals surface area (Å²) in [6.07, 6.45) is 6.35. The number of para-hydroxylation sites is 1. The van der Waals surface area contributed by atoms with Crippen LogP contribution in [-0.4, -0.2) is 38.4 Å². The third-order valence-corrected chi connectivity index (χ3v) is 5.12. The van der Waals surface area contributed by atoms with Crippen molar-refractivity contribution >= 4 is 12.0 Å². The van der Waals surface area contributed by atoms with Crippen molar-refractivity contribution in [3.8, 4) is 5.75 Å². The molecule has 0 bridgehead atoms. The summed E-state index contributed by atoms with van der Waals surface area (Å²) >= 11 is 0. The van der Waals surface area contributed by atoms with Crippen LogP contribution in [0.5, 0.6) is 5.75 Å². The van der Waals surface area contributed by atoms with E-state index < -0.39 is 0 Å². The van der Waals surface area contributed by atoms with Gasteiger partial charge in [0, 0.05) is 42.7 Å². The van der Waals surface area contributed by atoms with Crippen LogP contribution in [0.4, 0.5) is 0 Å². The molecule has 1 amide bonds. The predicted octanol–water partition coefficient (Wildman–Crippen LogP) is 2.14. The Bertz CT molecular complexity index is 696. The number of amides is 1. The van der Waals surface area contributed by atoms with Crippen LogP contribution in [-0.2, 0) is 14.3 Å². The standard InChI is InChI=1S/C19H21NO4/c1-22-11-15-17(14-7-9-24-18(14)15)20-19(21)13-6-8-23-16-5-3-2-4-12(16)10-13/h2-6,8,10,14-15,17-18H,7,9,11H2,1H3,(H,20,21)/t14-,15+,17+,18-/m1/s1. The van der Waals surface area contributed by atoms with Crippen LogP contribution >= 0.6 is 0 Å². The summed E-state index contributed by atoms with van der Waals surface area (Å²) in [5.41, 5.74) is 1.50. The highest BCUT2D eigenvalue weighted by Gasteiger charge is 2.54. The van der Waals surface area contributed by atoms with Gasteiger partial charge in [-0.25, -0.2) is 0 Å². The van der Waals surface area contributed by atoms with Gasteiger partial charge in [0.1, 0.15) is 5.75 Å². The van der Waals surface area contributed by atoms with Gasteiger partial charge in [0.15, 0.2) is 0 Å². The topological polar surface area (TPSA) is 56.8 Å². The zero-order valence-electron chi connectivity index (χ0n) is 13.6. The molecule has 2 heterocycles. The zero-order chi connectivity index (χ0) is 16.5. The Hall–Kier alpha value is -2.11. The first-order valence-corrected chi connectivity index (χ1v) is 8.33. The van der Waals surface area contributed by atoms with Gasteiger partial charge >= 0.3 is 0 Å². The fraction of sp³-hybridized carbons (Fsp3) is 0.421. The zero-order valence-corrected chi connectivity index (χ0v) is 13.6. The molecular formula is C19H21NO4. The summed E-state index contributed by atoms with van der Waals surface area (Å²) in [5, 5.41) is 3.18. The summed E-state index contributed by atoms with van der Waals surface area (Å²) < 4.78 is 16.6. The van der Waals surface area contributed by atoms with E-state index in [0.29, 0.717) is 18.1 Å². The lowest BCUT2D eigenvalue weighted by atomic mass is 9.67. The van der Waals surface area contributed by atoms with E-state index in [1.54, 1.807) is 19.4 Å². The smallest absolute Gasteiger partial charge is 0.251 e.